The van der Waals surface area contributed by atoms with Crippen LogP contribution >= 0.6 is 23.2 Å². The van der Waals surface area contributed by atoms with Gasteiger partial charge in [-0.05, 0) is 133 Å². The van der Waals surface area contributed by atoms with Crippen LogP contribution in [-0.4, -0.2) is 63.6 Å². The smallest absolute Gasteiger partial charge is 0.251 e. The number of halogens is 2. The van der Waals surface area contributed by atoms with Crippen LogP contribution in [0, 0.1) is 13.8 Å². The van der Waals surface area contributed by atoms with Crippen molar-refractivity contribution < 1.29 is 38.0 Å². The summed E-state index contributed by atoms with van der Waals surface area (Å²) in [5.41, 5.74) is 8.82. The van der Waals surface area contributed by atoms with Crippen molar-refractivity contribution in [3.63, 3.8) is 0 Å². The standard InChI is InChI=1S/C31H32Cl2N2O5.C31H30N2O5/c1-19(14-27(36)34-17-21-6-10-23(38-3)11-7-21)25-16-26(30(33)31(40-5)29(25)32)20(2)15-28(37)35-18-22-8-12-24(39-4)13-9-22;1-19-14-27(34)32(17-21-6-10-23(36-3)11-7-21)29-25(19)16-26-20(2)15-28(35)33(30(26)31(29)38-5)18-22-8-12-24(37-4)13-9-22/h6-16H,17-18H2,1-5H3,(H,34,36)(H,35,37);6-16H,17-18H2,1-5H3/b19-14-,20-15-;. The summed E-state index contributed by atoms with van der Waals surface area (Å²) < 4.78 is 35.8. The van der Waals surface area contributed by atoms with Crippen molar-refractivity contribution in [1.82, 2.24) is 19.8 Å². The van der Waals surface area contributed by atoms with Crippen LogP contribution in [0.25, 0.3) is 33.0 Å². The molecule has 0 bridgehead atoms. The van der Waals surface area contributed by atoms with Gasteiger partial charge in [-0.25, -0.2) is 0 Å². The first kappa shape index (κ1) is 57.2. The summed E-state index contributed by atoms with van der Waals surface area (Å²) in [6.07, 6.45) is 2.92. The highest BCUT2D eigenvalue weighted by Gasteiger charge is 2.22. The number of methoxy groups -OCH3 is 6. The van der Waals surface area contributed by atoms with Gasteiger partial charge in [0.15, 0.2) is 11.5 Å². The molecule has 0 unspecified atom stereocenters. The first-order valence-corrected chi connectivity index (χ1v) is 25.5. The van der Waals surface area contributed by atoms with E-state index in [-0.39, 0.29) is 38.7 Å². The Morgan fingerprint density at radius 1 is 0.462 bits per heavy atom. The van der Waals surface area contributed by atoms with Crippen molar-refractivity contribution in [2.45, 2.75) is 53.9 Å². The van der Waals surface area contributed by atoms with E-state index >= 15 is 0 Å². The molecule has 2 amide bonds. The number of carbonyl (C=O) groups excluding carboxylic acids is 2. The summed E-state index contributed by atoms with van der Waals surface area (Å²) in [5, 5.41) is 8.07. The minimum Gasteiger partial charge on any atom is -0.497 e. The Bertz CT molecular complexity index is 3430. The minimum atomic E-state index is -0.287. The molecule has 0 aliphatic rings. The number of amides is 2. The number of nitrogens with one attached hydrogen (secondary N) is 2. The molecule has 8 aromatic rings. The van der Waals surface area contributed by atoms with Crippen LogP contribution in [0.5, 0.6) is 34.5 Å². The number of aryl methyl sites for hydroxylation is 2. The molecule has 404 valence electrons. The second kappa shape index (κ2) is 26.1. The van der Waals surface area contributed by atoms with Crippen molar-refractivity contribution in [2.24, 2.45) is 0 Å². The van der Waals surface area contributed by atoms with E-state index in [1.165, 1.54) is 19.3 Å². The van der Waals surface area contributed by atoms with E-state index in [4.69, 9.17) is 51.6 Å². The number of rotatable bonds is 18. The molecular formula is C62H62Cl2N4O10. The zero-order valence-corrected chi connectivity index (χ0v) is 46.8. The van der Waals surface area contributed by atoms with E-state index in [9.17, 15) is 19.2 Å². The van der Waals surface area contributed by atoms with Crippen LogP contribution in [0.15, 0.2) is 143 Å². The maximum absolute atomic E-state index is 13.4. The summed E-state index contributed by atoms with van der Waals surface area (Å²) in [7, 11) is 9.49. The van der Waals surface area contributed by atoms with Crippen molar-refractivity contribution in [3.8, 4) is 34.5 Å². The molecule has 0 aliphatic carbocycles. The molecule has 6 aromatic carbocycles. The Labute approximate surface area is 463 Å². The van der Waals surface area contributed by atoms with Crippen molar-refractivity contribution in [1.29, 1.82) is 0 Å². The fourth-order valence-electron chi connectivity index (χ4n) is 8.89. The van der Waals surface area contributed by atoms with Gasteiger partial charge in [0.05, 0.1) is 76.8 Å². The van der Waals surface area contributed by atoms with Crippen molar-refractivity contribution >= 4 is 68.0 Å². The molecule has 0 saturated carbocycles. The second-order valence-corrected chi connectivity index (χ2v) is 19.1. The molecule has 0 aliphatic heterocycles. The van der Waals surface area contributed by atoms with Crippen molar-refractivity contribution in [2.75, 3.05) is 42.7 Å². The van der Waals surface area contributed by atoms with Crippen LogP contribution in [0.1, 0.15) is 58.4 Å². The molecule has 2 N–H and O–H groups in total. The fourth-order valence-corrected chi connectivity index (χ4v) is 9.69. The van der Waals surface area contributed by atoms with Crippen LogP contribution in [-0.2, 0) is 35.8 Å². The summed E-state index contributed by atoms with van der Waals surface area (Å²) in [6.45, 7) is 8.78. The van der Waals surface area contributed by atoms with Crippen LogP contribution in [0.2, 0.25) is 10.0 Å². The fraction of sp³-hybridized carbons (Fsp3) is 0.226. The third-order valence-corrected chi connectivity index (χ3v) is 13.9. The molecule has 0 fully saturated rings. The molecular weight excluding hydrogens is 1030 g/mol. The number of ether oxygens (including phenoxy) is 6. The highest BCUT2D eigenvalue weighted by Crippen LogP contribution is 2.43. The molecule has 2 aromatic heterocycles. The quantitative estimate of drug-likeness (QED) is 0.0626. The van der Waals surface area contributed by atoms with Gasteiger partial charge in [0.2, 0.25) is 11.8 Å². The van der Waals surface area contributed by atoms with Gasteiger partial charge in [-0.1, -0.05) is 71.7 Å². The second-order valence-electron chi connectivity index (χ2n) is 18.3. The van der Waals surface area contributed by atoms with Gasteiger partial charge in [0.25, 0.3) is 11.1 Å². The number of hydrogen-bond acceptors (Lipinski definition) is 10. The summed E-state index contributed by atoms with van der Waals surface area (Å²) in [4.78, 5) is 52.0. The third-order valence-electron chi connectivity index (χ3n) is 13.2. The van der Waals surface area contributed by atoms with Crippen LogP contribution in [0.4, 0.5) is 0 Å². The van der Waals surface area contributed by atoms with E-state index in [1.807, 2.05) is 111 Å². The predicted molar refractivity (Wildman–Crippen MR) is 310 cm³/mol. The average Bonchev–Trinajstić information content (AvgIpc) is 3.63. The highest BCUT2D eigenvalue weighted by molar-refractivity contribution is 6.39. The first-order chi connectivity index (χ1) is 37.5. The van der Waals surface area contributed by atoms with Gasteiger partial charge in [0, 0.05) is 59.3 Å². The number of hydrogen-bond donors (Lipinski definition) is 2. The Hall–Kier alpha value is -8.46. The van der Waals surface area contributed by atoms with Gasteiger partial charge < -0.3 is 48.2 Å². The Morgan fingerprint density at radius 2 is 0.782 bits per heavy atom. The molecule has 0 saturated heterocycles. The van der Waals surface area contributed by atoms with E-state index in [0.717, 1.165) is 67.2 Å². The maximum atomic E-state index is 13.4. The zero-order valence-electron chi connectivity index (χ0n) is 45.3. The van der Waals surface area contributed by atoms with Crippen LogP contribution in [0.3, 0.4) is 0 Å². The summed E-state index contributed by atoms with van der Waals surface area (Å²) in [5.74, 6) is 3.16. The largest absolute Gasteiger partial charge is 0.497 e. The number of allylic oxidation sites excluding steroid dienone is 2. The lowest BCUT2D eigenvalue weighted by Gasteiger charge is -2.21. The lowest BCUT2D eigenvalue weighted by atomic mass is 9.98. The summed E-state index contributed by atoms with van der Waals surface area (Å²) in [6, 6.07) is 37.2. The third kappa shape index (κ3) is 13.4. The first-order valence-electron chi connectivity index (χ1n) is 24.8. The number of carbonyl (C=O) groups is 2. The van der Waals surface area contributed by atoms with Crippen molar-refractivity contribution in [3.05, 3.63) is 209 Å². The van der Waals surface area contributed by atoms with Gasteiger partial charge in [-0.3, -0.25) is 19.2 Å². The summed E-state index contributed by atoms with van der Waals surface area (Å²) >= 11 is 13.2. The number of benzene rings is 6. The molecule has 2 heterocycles. The maximum Gasteiger partial charge on any atom is 0.251 e. The van der Waals surface area contributed by atoms with E-state index in [0.29, 0.717) is 65.2 Å². The SMILES string of the molecule is COc1ccc(CNC(=O)/C=C(/C)c2cc(/C(C)=C\C(=O)NCc3ccc(OC)cc3)c(Cl)c(OC)c2Cl)cc1.COc1ccc(Cn2c(=O)cc(C)c3cc4c(C)cc(=O)n(Cc5ccc(OC)cc5)c4c(OC)c32)cc1. The number of fused-ring (bicyclic) bond motifs is 2. The Kier molecular flexibility index (Phi) is 19.1. The normalized spacial score (nSPS) is 11.4. The van der Waals surface area contributed by atoms with Gasteiger partial charge >= 0.3 is 0 Å². The Morgan fingerprint density at radius 3 is 1.09 bits per heavy atom. The molecule has 8 rings (SSSR count). The topological polar surface area (TPSA) is 158 Å². The molecule has 0 radical (unpaired) electrons. The number of aromatic nitrogens is 2. The van der Waals surface area contributed by atoms with Gasteiger partial charge in [-0.2, -0.15) is 0 Å². The molecule has 14 nitrogen and oxygen atoms in total. The zero-order chi connectivity index (χ0) is 56.2. The highest BCUT2D eigenvalue weighted by atomic mass is 35.5. The molecule has 0 spiro atoms. The lowest BCUT2D eigenvalue weighted by Crippen LogP contribution is -2.24. The number of pyridine rings is 2. The average molecular weight is 1090 g/mol. The van der Waals surface area contributed by atoms with Gasteiger partial charge in [0.1, 0.15) is 23.0 Å². The van der Waals surface area contributed by atoms with E-state index in [2.05, 4.69) is 16.7 Å². The minimum absolute atomic E-state index is 0.139. The predicted octanol–water partition coefficient (Wildman–Crippen LogP) is 11.5. The van der Waals surface area contributed by atoms with Gasteiger partial charge in [-0.15, -0.1) is 0 Å². The Balaban J connectivity index is 0.000000226. The van der Waals surface area contributed by atoms with E-state index in [1.54, 1.807) is 76.7 Å². The molecule has 0 atom stereocenters. The molecule has 16 heteroatoms. The van der Waals surface area contributed by atoms with Crippen LogP contribution < -0.4 is 50.2 Å². The van der Waals surface area contributed by atoms with E-state index < -0.39 is 0 Å². The number of nitrogens with zero attached hydrogens (tertiary/aromatic N) is 2. The lowest BCUT2D eigenvalue weighted by molar-refractivity contribution is -0.117. The monoisotopic (exact) mass is 1090 g/mol. The molecule has 78 heavy (non-hydrogen) atoms.